The van der Waals surface area contributed by atoms with Crippen molar-refractivity contribution in [1.82, 2.24) is 5.32 Å². The van der Waals surface area contributed by atoms with Gasteiger partial charge in [-0.2, -0.15) is 13.2 Å². The van der Waals surface area contributed by atoms with Crippen LogP contribution in [-0.4, -0.2) is 41.6 Å². The highest BCUT2D eigenvalue weighted by Crippen LogP contribution is 2.15. The lowest BCUT2D eigenvalue weighted by atomic mass is 9.93. The van der Waals surface area contributed by atoms with Crippen LogP contribution in [0.1, 0.15) is 19.8 Å². The molecule has 1 aliphatic heterocycles. The summed E-state index contributed by atoms with van der Waals surface area (Å²) in [5, 5.41) is 19.5. The predicted molar refractivity (Wildman–Crippen MR) is 51.0 cm³/mol. The van der Waals surface area contributed by atoms with Crippen LogP contribution in [0.2, 0.25) is 0 Å². The first-order valence-corrected chi connectivity index (χ1v) is 4.94. The molecule has 0 aliphatic carbocycles. The highest BCUT2D eigenvalue weighted by molar-refractivity contribution is 5.73. The molecule has 0 aromatic rings. The Morgan fingerprint density at radius 1 is 1.38 bits per heavy atom. The van der Waals surface area contributed by atoms with Crippen LogP contribution < -0.4 is 5.32 Å². The molecule has 1 unspecified atom stereocenters. The number of aliphatic hydroxyl groups is 1. The molecule has 1 heterocycles. The Morgan fingerprint density at radius 3 is 1.94 bits per heavy atom. The number of hydrogen-bond acceptors (Lipinski definition) is 3. The van der Waals surface area contributed by atoms with E-state index in [1.54, 1.807) is 0 Å². The molecule has 0 saturated carbocycles. The molecule has 3 N–H and O–H groups in total. The van der Waals surface area contributed by atoms with Gasteiger partial charge in [0, 0.05) is 0 Å². The molecule has 1 fully saturated rings. The average molecular weight is 243 g/mol. The molecule has 0 radical (unpaired) electrons. The van der Waals surface area contributed by atoms with Crippen molar-refractivity contribution in [2.24, 2.45) is 5.92 Å². The highest BCUT2D eigenvalue weighted by Gasteiger charge is 2.38. The Morgan fingerprint density at radius 2 is 1.75 bits per heavy atom. The van der Waals surface area contributed by atoms with Crippen LogP contribution in [0.3, 0.4) is 0 Å². The van der Waals surface area contributed by atoms with Crippen molar-refractivity contribution in [3.63, 3.8) is 0 Å². The number of piperidine rings is 1. The lowest BCUT2D eigenvalue weighted by molar-refractivity contribution is -0.192. The molecule has 4 nitrogen and oxygen atoms in total. The zero-order chi connectivity index (χ0) is 12.8. The van der Waals surface area contributed by atoms with E-state index in [1.165, 1.54) is 0 Å². The number of halogens is 3. The van der Waals surface area contributed by atoms with Gasteiger partial charge in [0.2, 0.25) is 0 Å². The van der Waals surface area contributed by atoms with Gasteiger partial charge in [0.25, 0.3) is 0 Å². The maximum Gasteiger partial charge on any atom is 0.490 e. The molecule has 1 saturated heterocycles. The van der Waals surface area contributed by atoms with Gasteiger partial charge in [0.15, 0.2) is 0 Å². The maximum atomic E-state index is 10.6. The zero-order valence-electron chi connectivity index (χ0n) is 8.92. The molecule has 1 rings (SSSR count). The van der Waals surface area contributed by atoms with Crippen LogP contribution in [0.25, 0.3) is 0 Å². The van der Waals surface area contributed by atoms with E-state index in [-0.39, 0.29) is 6.10 Å². The van der Waals surface area contributed by atoms with Crippen LogP contribution in [0.5, 0.6) is 0 Å². The first kappa shape index (κ1) is 15.2. The summed E-state index contributed by atoms with van der Waals surface area (Å²) < 4.78 is 31.7. The number of carboxylic acid groups (broad SMARTS) is 1. The largest absolute Gasteiger partial charge is 0.490 e. The number of aliphatic carboxylic acids is 1. The van der Waals surface area contributed by atoms with Crippen molar-refractivity contribution in [2.45, 2.75) is 32.0 Å². The summed E-state index contributed by atoms with van der Waals surface area (Å²) in [6.07, 6.45) is -2.91. The number of aliphatic hydroxyl groups excluding tert-OH is 1. The second kappa shape index (κ2) is 6.70. The van der Waals surface area contributed by atoms with Gasteiger partial charge in [0.1, 0.15) is 0 Å². The molecule has 96 valence electrons. The third-order valence-electron chi connectivity index (χ3n) is 2.31. The highest BCUT2D eigenvalue weighted by atomic mass is 19.4. The van der Waals surface area contributed by atoms with Crippen molar-refractivity contribution in [3.8, 4) is 0 Å². The lowest BCUT2D eigenvalue weighted by Crippen LogP contribution is -2.32. The minimum atomic E-state index is -5.08. The smallest absolute Gasteiger partial charge is 0.475 e. The Bertz CT molecular complexity index is 213. The molecular weight excluding hydrogens is 227 g/mol. The summed E-state index contributed by atoms with van der Waals surface area (Å²) in [7, 11) is 0. The quantitative estimate of drug-likeness (QED) is 0.642. The Hall–Kier alpha value is -0.820. The molecule has 0 bridgehead atoms. The van der Waals surface area contributed by atoms with Crippen LogP contribution in [0, 0.1) is 5.92 Å². The zero-order valence-corrected chi connectivity index (χ0v) is 8.92. The van der Waals surface area contributed by atoms with Gasteiger partial charge < -0.3 is 15.5 Å². The SMILES string of the molecule is CC(O)C1CCNCC1.O=C(O)C(F)(F)F. The van der Waals surface area contributed by atoms with Crippen molar-refractivity contribution in [2.75, 3.05) is 13.1 Å². The Balaban J connectivity index is 0.000000293. The van der Waals surface area contributed by atoms with Gasteiger partial charge in [-0.05, 0) is 38.8 Å². The molecule has 1 atom stereocenters. The minimum absolute atomic E-state index is 0.105. The van der Waals surface area contributed by atoms with Gasteiger partial charge in [-0.3, -0.25) is 0 Å². The van der Waals surface area contributed by atoms with Gasteiger partial charge in [-0.25, -0.2) is 4.79 Å². The van der Waals surface area contributed by atoms with Crippen molar-refractivity contribution < 1.29 is 28.2 Å². The Kier molecular flexibility index (Phi) is 6.35. The van der Waals surface area contributed by atoms with Gasteiger partial charge >= 0.3 is 12.1 Å². The predicted octanol–water partition coefficient (Wildman–Crippen LogP) is 1.00. The number of rotatable bonds is 1. The van der Waals surface area contributed by atoms with E-state index in [0.29, 0.717) is 5.92 Å². The third kappa shape index (κ3) is 6.62. The number of carbonyl (C=O) groups is 1. The lowest BCUT2D eigenvalue weighted by Gasteiger charge is -2.24. The van der Waals surface area contributed by atoms with Gasteiger partial charge in [-0.1, -0.05) is 0 Å². The fraction of sp³-hybridized carbons (Fsp3) is 0.889. The number of carboxylic acids is 1. The molecule has 0 amide bonds. The van der Waals surface area contributed by atoms with Crippen LogP contribution >= 0.6 is 0 Å². The van der Waals surface area contributed by atoms with E-state index in [2.05, 4.69) is 5.32 Å². The minimum Gasteiger partial charge on any atom is -0.475 e. The van der Waals surface area contributed by atoms with Crippen LogP contribution in [-0.2, 0) is 4.79 Å². The maximum absolute atomic E-state index is 10.6. The van der Waals surface area contributed by atoms with E-state index in [9.17, 15) is 13.2 Å². The first-order valence-electron chi connectivity index (χ1n) is 4.94. The average Bonchev–Trinajstić information content (AvgIpc) is 2.18. The number of hydrogen-bond donors (Lipinski definition) is 3. The van der Waals surface area contributed by atoms with Crippen LogP contribution in [0.4, 0.5) is 13.2 Å². The molecule has 1 aliphatic rings. The molecule has 0 aromatic heterocycles. The summed E-state index contributed by atoms with van der Waals surface area (Å²) >= 11 is 0. The van der Waals surface area contributed by atoms with E-state index in [0.717, 1.165) is 25.9 Å². The fourth-order valence-electron chi connectivity index (χ4n) is 1.33. The third-order valence-corrected chi connectivity index (χ3v) is 2.31. The van der Waals surface area contributed by atoms with E-state index in [1.807, 2.05) is 6.92 Å². The summed E-state index contributed by atoms with van der Waals surface area (Å²) in [4.78, 5) is 8.90. The molecule has 0 aromatic carbocycles. The first-order chi connectivity index (χ1) is 7.25. The van der Waals surface area contributed by atoms with Gasteiger partial charge in [-0.15, -0.1) is 0 Å². The van der Waals surface area contributed by atoms with E-state index < -0.39 is 12.1 Å². The fourth-order valence-corrected chi connectivity index (χ4v) is 1.33. The van der Waals surface area contributed by atoms with Crippen LogP contribution in [0.15, 0.2) is 0 Å². The van der Waals surface area contributed by atoms with Crippen molar-refractivity contribution in [1.29, 1.82) is 0 Å². The standard InChI is InChI=1S/C7H15NO.C2HF3O2/c1-6(9)7-2-4-8-5-3-7;3-2(4,5)1(6)7/h6-9H,2-5H2,1H3;(H,6,7). The molecule has 0 spiro atoms. The summed E-state index contributed by atoms with van der Waals surface area (Å²) in [5.74, 6) is -2.21. The second-order valence-electron chi connectivity index (χ2n) is 3.63. The second-order valence-corrected chi connectivity index (χ2v) is 3.63. The number of alkyl halides is 3. The van der Waals surface area contributed by atoms with Crippen molar-refractivity contribution >= 4 is 5.97 Å². The molecule has 7 heteroatoms. The van der Waals surface area contributed by atoms with Gasteiger partial charge in [0.05, 0.1) is 6.10 Å². The summed E-state index contributed by atoms with van der Waals surface area (Å²) in [5.41, 5.74) is 0. The van der Waals surface area contributed by atoms with E-state index in [4.69, 9.17) is 15.0 Å². The van der Waals surface area contributed by atoms with Crippen molar-refractivity contribution in [3.05, 3.63) is 0 Å². The summed E-state index contributed by atoms with van der Waals surface area (Å²) in [6.45, 7) is 4.04. The topological polar surface area (TPSA) is 69.6 Å². The Labute approximate surface area is 91.5 Å². The molecule has 16 heavy (non-hydrogen) atoms. The number of nitrogens with one attached hydrogen (secondary N) is 1. The summed E-state index contributed by atoms with van der Waals surface area (Å²) in [6, 6.07) is 0. The molecular formula is C9H16F3NO3. The normalized spacial score (nSPS) is 19.6. The van der Waals surface area contributed by atoms with E-state index >= 15 is 0 Å². The monoisotopic (exact) mass is 243 g/mol.